The molecular weight excluding hydrogens is 204 g/mol. The maximum absolute atomic E-state index is 5.88. The van der Waals surface area contributed by atoms with Gasteiger partial charge in [-0.15, -0.1) is 0 Å². The van der Waals surface area contributed by atoms with Crippen LogP contribution in [0.2, 0.25) is 0 Å². The Morgan fingerprint density at radius 2 is 1.80 bits per heavy atom. The van der Waals surface area contributed by atoms with Crippen molar-refractivity contribution in [2.75, 3.05) is 25.1 Å². The number of hydrogen-bond acceptors (Lipinski definition) is 3. The standard InChI is InChI=1S/C12H28N2S/c1-10(2)9-14(11(3)4)12(8-13)6-7-15-5/h10-12H,6-9,13H2,1-5H3. The molecule has 1 atom stereocenters. The first-order valence-corrected chi connectivity index (χ1v) is 7.37. The van der Waals surface area contributed by atoms with Crippen LogP contribution in [0.25, 0.3) is 0 Å². The smallest absolute Gasteiger partial charge is 0.0229 e. The van der Waals surface area contributed by atoms with Gasteiger partial charge < -0.3 is 5.73 Å². The average molecular weight is 232 g/mol. The van der Waals surface area contributed by atoms with Crippen LogP contribution in [-0.4, -0.2) is 42.1 Å². The van der Waals surface area contributed by atoms with Crippen LogP contribution in [0.1, 0.15) is 34.1 Å². The van der Waals surface area contributed by atoms with E-state index in [0.29, 0.717) is 12.1 Å². The van der Waals surface area contributed by atoms with E-state index in [1.165, 1.54) is 12.2 Å². The molecule has 0 aliphatic rings. The molecule has 0 rings (SSSR count). The molecule has 0 spiro atoms. The highest BCUT2D eigenvalue weighted by Crippen LogP contribution is 2.13. The molecule has 0 fully saturated rings. The van der Waals surface area contributed by atoms with Crippen molar-refractivity contribution in [3.63, 3.8) is 0 Å². The zero-order chi connectivity index (χ0) is 11.8. The zero-order valence-corrected chi connectivity index (χ0v) is 11.8. The predicted octanol–water partition coefficient (Wildman–Crippen LogP) is 2.43. The second-order valence-corrected chi connectivity index (χ2v) is 5.84. The van der Waals surface area contributed by atoms with Gasteiger partial charge in [-0.25, -0.2) is 0 Å². The Morgan fingerprint density at radius 3 is 2.13 bits per heavy atom. The van der Waals surface area contributed by atoms with Crippen LogP contribution in [0.3, 0.4) is 0 Å². The molecule has 15 heavy (non-hydrogen) atoms. The van der Waals surface area contributed by atoms with Crippen LogP contribution in [0.15, 0.2) is 0 Å². The van der Waals surface area contributed by atoms with E-state index in [-0.39, 0.29) is 0 Å². The molecule has 2 nitrogen and oxygen atoms in total. The Balaban J connectivity index is 4.27. The van der Waals surface area contributed by atoms with Gasteiger partial charge in [0.2, 0.25) is 0 Å². The molecule has 1 unspecified atom stereocenters. The van der Waals surface area contributed by atoms with Gasteiger partial charge in [0.15, 0.2) is 0 Å². The van der Waals surface area contributed by atoms with Gasteiger partial charge in [0.1, 0.15) is 0 Å². The van der Waals surface area contributed by atoms with Crippen molar-refractivity contribution in [2.45, 2.75) is 46.2 Å². The van der Waals surface area contributed by atoms with E-state index in [9.17, 15) is 0 Å². The van der Waals surface area contributed by atoms with Crippen LogP contribution in [-0.2, 0) is 0 Å². The van der Waals surface area contributed by atoms with Gasteiger partial charge in [-0.2, -0.15) is 11.8 Å². The minimum absolute atomic E-state index is 0.555. The number of rotatable bonds is 8. The molecule has 0 saturated carbocycles. The molecule has 92 valence electrons. The Kier molecular flexibility index (Phi) is 8.58. The average Bonchev–Trinajstić information content (AvgIpc) is 2.16. The molecular formula is C12H28N2S. The molecule has 0 aromatic carbocycles. The predicted molar refractivity (Wildman–Crippen MR) is 72.5 cm³/mol. The van der Waals surface area contributed by atoms with Crippen molar-refractivity contribution in [3.05, 3.63) is 0 Å². The third kappa shape index (κ3) is 6.44. The van der Waals surface area contributed by atoms with Crippen LogP contribution in [0.4, 0.5) is 0 Å². The van der Waals surface area contributed by atoms with E-state index in [2.05, 4.69) is 38.9 Å². The SMILES string of the molecule is CSCCC(CN)N(CC(C)C)C(C)C. The Hall–Kier alpha value is 0.270. The second-order valence-electron chi connectivity index (χ2n) is 4.86. The topological polar surface area (TPSA) is 29.3 Å². The zero-order valence-electron chi connectivity index (χ0n) is 11.0. The highest BCUT2D eigenvalue weighted by molar-refractivity contribution is 7.98. The second kappa shape index (κ2) is 8.43. The van der Waals surface area contributed by atoms with Gasteiger partial charge in [0, 0.05) is 25.2 Å². The van der Waals surface area contributed by atoms with Gasteiger partial charge in [-0.1, -0.05) is 13.8 Å². The van der Waals surface area contributed by atoms with Crippen LogP contribution in [0, 0.1) is 5.92 Å². The molecule has 0 saturated heterocycles. The minimum atomic E-state index is 0.555. The summed E-state index contributed by atoms with van der Waals surface area (Å²) in [6, 6.07) is 1.16. The third-order valence-electron chi connectivity index (χ3n) is 2.64. The van der Waals surface area contributed by atoms with Crippen molar-refractivity contribution in [2.24, 2.45) is 11.7 Å². The van der Waals surface area contributed by atoms with Gasteiger partial charge in [0.05, 0.1) is 0 Å². The summed E-state index contributed by atoms with van der Waals surface area (Å²) in [6.07, 6.45) is 3.37. The maximum atomic E-state index is 5.88. The number of nitrogens with two attached hydrogens (primary N) is 1. The summed E-state index contributed by atoms with van der Waals surface area (Å²) in [5.74, 6) is 1.93. The molecule has 2 N–H and O–H groups in total. The summed E-state index contributed by atoms with van der Waals surface area (Å²) in [6.45, 7) is 11.0. The first kappa shape index (κ1) is 15.3. The molecule has 0 amide bonds. The van der Waals surface area contributed by atoms with Crippen molar-refractivity contribution in [3.8, 4) is 0 Å². The lowest BCUT2D eigenvalue weighted by atomic mass is 10.1. The Bertz CT molecular complexity index is 149. The van der Waals surface area contributed by atoms with E-state index >= 15 is 0 Å². The van der Waals surface area contributed by atoms with E-state index in [1.54, 1.807) is 0 Å². The third-order valence-corrected chi connectivity index (χ3v) is 3.28. The molecule has 0 aliphatic heterocycles. The van der Waals surface area contributed by atoms with Gasteiger partial charge >= 0.3 is 0 Å². The lowest BCUT2D eigenvalue weighted by molar-refractivity contribution is 0.135. The summed E-state index contributed by atoms with van der Waals surface area (Å²) < 4.78 is 0. The number of thioether (sulfide) groups is 1. The first-order chi connectivity index (χ1) is 7.02. The molecule has 0 heterocycles. The van der Waals surface area contributed by atoms with E-state index in [0.717, 1.165) is 19.0 Å². The lowest BCUT2D eigenvalue weighted by Crippen LogP contribution is -2.46. The Morgan fingerprint density at radius 1 is 1.20 bits per heavy atom. The molecule has 3 heteroatoms. The Labute approximate surface area is 100.0 Å². The summed E-state index contributed by atoms with van der Waals surface area (Å²) in [7, 11) is 0. The monoisotopic (exact) mass is 232 g/mol. The van der Waals surface area contributed by atoms with Crippen molar-refractivity contribution < 1.29 is 0 Å². The van der Waals surface area contributed by atoms with Crippen LogP contribution >= 0.6 is 11.8 Å². The van der Waals surface area contributed by atoms with Gasteiger partial charge in [-0.05, 0) is 38.2 Å². The first-order valence-electron chi connectivity index (χ1n) is 5.97. The maximum Gasteiger partial charge on any atom is 0.0229 e. The molecule has 0 aromatic rings. The van der Waals surface area contributed by atoms with E-state index in [1.807, 2.05) is 11.8 Å². The van der Waals surface area contributed by atoms with Crippen molar-refractivity contribution in [1.82, 2.24) is 4.90 Å². The quantitative estimate of drug-likeness (QED) is 0.697. The summed E-state index contributed by atoms with van der Waals surface area (Å²) in [5.41, 5.74) is 5.88. The van der Waals surface area contributed by atoms with Crippen LogP contribution in [0.5, 0.6) is 0 Å². The molecule has 0 radical (unpaired) electrons. The van der Waals surface area contributed by atoms with Gasteiger partial charge in [-0.3, -0.25) is 4.90 Å². The van der Waals surface area contributed by atoms with Crippen LogP contribution < -0.4 is 5.73 Å². The summed E-state index contributed by atoms with van der Waals surface area (Å²) >= 11 is 1.91. The normalized spacial score (nSPS) is 14.2. The highest BCUT2D eigenvalue weighted by atomic mass is 32.2. The lowest BCUT2D eigenvalue weighted by Gasteiger charge is -2.35. The van der Waals surface area contributed by atoms with Crippen molar-refractivity contribution in [1.29, 1.82) is 0 Å². The highest BCUT2D eigenvalue weighted by Gasteiger charge is 2.20. The largest absolute Gasteiger partial charge is 0.329 e. The van der Waals surface area contributed by atoms with E-state index in [4.69, 9.17) is 5.73 Å². The fourth-order valence-corrected chi connectivity index (χ4v) is 2.38. The fourth-order valence-electron chi connectivity index (χ4n) is 1.88. The summed E-state index contributed by atoms with van der Waals surface area (Å²) in [4.78, 5) is 2.56. The molecule has 0 bridgehead atoms. The number of nitrogens with zero attached hydrogens (tertiary/aromatic N) is 1. The number of hydrogen-bond donors (Lipinski definition) is 1. The van der Waals surface area contributed by atoms with E-state index < -0.39 is 0 Å². The summed E-state index contributed by atoms with van der Waals surface area (Å²) in [5, 5.41) is 0. The molecule has 0 aliphatic carbocycles. The van der Waals surface area contributed by atoms with Crippen molar-refractivity contribution >= 4 is 11.8 Å². The van der Waals surface area contributed by atoms with Gasteiger partial charge in [0.25, 0.3) is 0 Å². The minimum Gasteiger partial charge on any atom is -0.329 e. The molecule has 0 aromatic heterocycles. The fraction of sp³-hybridized carbons (Fsp3) is 1.00.